The van der Waals surface area contributed by atoms with Crippen LogP contribution in [0.3, 0.4) is 0 Å². The summed E-state index contributed by atoms with van der Waals surface area (Å²) in [5.74, 6) is 0.869. The lowest BCUT2D eigenvalue weighted by atomic mass is 10.0. The van der Waals surface area contributed by atoms with Crippen molar-refractivity contribution in [2.75, 3.05) is 18.4 Å². The lowest BCUT2D eigenvalue weighted by Gasteiger charge is -2.16. The largest absolute Gasteiger partial charge is 0.389 e. The molecule has 0 spiro atoms. The van der Waals surface area contributed by atoms with E-state index < -0.39 is 12.2 Å². The number of aliphatic hydroxyl groups excluding tert-OH is 2. The number of pyridine rings is 1. The molecule has 0 bridgehead atoms. The summed E-state index contributed by atoms with van der Waals surface area (Å²) in [6.45, 7) is 0.915. The first-order chi connectivity index (χ1) is 7.22. The van der Waals surface area contributed by atoms with E-state index in [2.05, 4.69) is 10.3 Å². The summed E-state index contributed by atoms with van der Waals surface area (Å²) >= 11 is 0. The maximum Gasteiger partial charge on any atom is 0.129 e. The van der Waals surface area contributed by atoms with Gasteiger partial charge < -0.3 is 21.3 Å². The number of anilines is 1. The molecule has 2 rings (SSSR count). The molecule has 0 saturated heterocycles. The van der Waals surface area contributed by atoms with Crippen LogP contribution in [0.4, 0.5) is 5.82 Å². The van der Waals surface area contributed by atoms with Crippen LogP contribution >= 0.6 is 0 Å². The van der Waals surface area contributed by atoms with Crippen molar-refractivity contribution in [2.45, 2.75) is 18.6 Å². The molecule has 1 aliphatic rings. The molecule has 2 heterocycles. The third-order valence-electron chi connectivity index (χ3n) is 2.62. The molecule has 0 saturated carbocycles. The quantitative estimate of drug-likeness (QED) is 0.533. The predicted molar refractivity (Wildman–Crippen MR) is 56.5 cm³/mol. The number of aliphatic hydroxyl groups is 2. The summed E-state index contributed by atoms with van der Waals surface area (Å²) in [5, 5.41) is 22.3. The summed E-state index contributed by atoms with van der Waals surface area (Å²) in [4.78, 5) is 4.17. The van der Waals surface area contributed by atoms with Crippen LogP contribution in [0.25, 0.3) is 0 Å². The second kappa shape index (κ2) is 4.14. The van der Waals surface area contributed by atoms with Crippen LogP contribution in [0.15, 0.2) is 12.3 Å². The number of fused-ring (bicyclic) bond motifs is 1. The van der Waals surface area contributed by atoms with Crippen molar-refractivity contribution in [3.8, 4) is 0 Å². The van der Waals surface area contributed by atoms with Crippen LogP contribution in [0.2, 0.25) is 0 Å². The molecule has 5 nitrogen and oxygen atoms in total. The number of rotatable bonds is 3. The van der Waals surface area contributed by atoms with Gasteiger partial charge in [-0.15, -0.1) is 0 Å². The minimum absolute atomic E-state index is 0.0382. The van der Waals surface area contributed by atoms with Gasteiger partial charge in [0.05, 0.1) is 6.10 Å². The highest BCUT2D eigenvalue weighted by Gasteiger charge is 2.20. The third-order valence-corrected chi connectivity index (χ3v) is 2.62. The number of aromatic nitrogens is 1. The van der Waals surface area contributed by atoms with Crippen LogP contribution in [-0.4, -0.2) is 34.4 Å². The van der Waals surface area contributed by atoms with Crippen molar-refractivity contribution >= 4 is 5.82 Å². The fraction of sp³-hybridized carbons (Fsp3) is 0.500. The van der Waals surface area contributed by atoms with Gasteiger partial charge in [-0.1, -0.05) is 0 Å². The Morgan fingerprint density at radius 1 is 1.53 bits per heavy atom. The van der Waals surface area contributed by atoms with Gasteiger partial charge in [0.25, 0.3) is 0 Å². The van der Waals surface area contributed by atoms with Crippen molar-refractivity contribution in [1.29, 1.82) is 0 Å². The molecule has 0 amide bonds. The SMILES string of the molecule is NCC(O)C(O)c1cnc2c(c1)CCN2. The Morgan fingerprint density at radius 2 is 2.33 bits per heavy atom. The summed E-state index contributed by atoms with van der Waals surface area (Å²) < 4.78 is 0. The first kappa shape index (κ1) is 10.4. The first-order valence-electron chi connectivity index (χ1n) is 5.01. The zero-order chi connectivity index (χ0) is 10.8. The number of nitrogens with zero attached hydrogens (tertiary/aromatic N) is 1. The fourth-order valence-electron chi connectivity index (χ4n) is 1.71. The van der Waals surface area contributed by atoms with E-state index >= 15 is 0 Å². The summed E-state index contributed by atoms with van der Waals surface area (Å²) in [6.07, 6.45) is 0.593. The Bertz CT molecular complexity index is 357. The van der Waals surface area contributed by atoms with E-state index in [9.17, 15) is 10.2 Å². The highest BCUT2D eigenvalue weighted by atomic mass is 16.3. The molecular formula is C10H15N3O2. The highest BCUT2D eigenvalue weighted by Crippen LogP contribution is 2.24. The molecule has 1 aromatic rings. The van der Waals surface area contributed by atoms with E-state index in [0.717, 1.165) is 24.3 Å². The van der Waals surface area contributed by atoms with Crippen molar-refractivity contribution in [3.63, 3.8) is 0 Å². The van der Waals surface area contributed by atoms with Crippen molar-refractivity contribution in [3.05, 3.63) is 23.4 Å². The van der Waals surface area contributed by atoms with Gasteiger partial charge in [0.2, 0.25) is 0 Å². The summed E-state index contributed by atoms with van der Waals surface area (Å²) in [7, 11) is 0. The normalized spacial score (nSPS) is 18.1. The molecule has 0 fully saturated rings. The van der Waals surface area contributed by atoms with Gasteiger partial charge in [-0.05, 0) is 18.1 Å². The Hall–Kier alpha value is -1.17. The third kappa shape index (κ3) is 1.94. The van der Waals surface area contributed by atoms with Crippen LogP contribution in [0, 0.1) is 0 Å². The molecule has 2 atom stereocenters. The predicted octanol–water partition coefficient (Wildman–Crippen LogP) is -0.597. The summed E-state index contributed by atoms with van der Waals surface area (Å²) in [6, 6.07) is 1.87. The second-order valence-corrected chi connectivity index (χ2v) is 3.70. The first-order valence-corrected chi connectivity index (χ1v) is 5.01. The average molecular weight is 209 g/mol. The molecule has 5 N–H and O–H groups in total. The minimum Gasteiger partial charge on any atom is -0.389 e. The Balaban J connectivity index is 2.22. The molecule has 5 heteroatoms. The van der Waals surface area contributed by atoms with E-state index in [-0.39, 0.29) is 6.54 Å². The Morgan fingerprint density at radius 3 is 3.07 bits per heavy atom. The Kier molecular flexibility index (Phi) is 2.86. The van der Waals surface area contributed by atoms with Crippen molar-refractivity contribution in [1.82, 2.24) is 4.98 Å². The van der Waals surface area contributed by atoms with Crippen LogP contribution in [0.1, 0.15) is 17.2 Å². The van der Waals surface area contributed by atoms with E-state index in [1.165, 1.54) is 0 Å². The maximum atomic E-state index is 9.73. The number of nitrogens with one attached hydrogen (secondary N) is 1. The van der Waals surface area contributed by atoms with Crippen LogP contribution in [0.5, 0.6) is 0 Å². The van der Waals surface area contributed by atoms with Gasteiger partial charge in [0, 0.05) is 24.8 Å². The zero-order valence-corrected chi connectivity index (χ0v) is 8.35. The molecule has 0 aromatic carbocycles. The average Bonchev–Trinajstić information content (AvgIpc) is 2.73. The van der Waals surface area contributed by atoms with Crippen molar-refractivity contribution in [2.24, 2.45) is 5.73 Å². The molecule has 1 aromatic heterocycles. The second-order valence-electron chi connectivity index (χ2n) is 3.70. The Labute approximate surface area is 87.9 Å². The lowest BCUT2D eigenvalue weighted by molar-refractivity contribution is 0.0241. The monoisotopic (exact) mass is 209 g/mol. The van der Waals surface area contributed by atoms with Gasteiger partial charge in [0.15, 0.2) is 0 Å². The van der Waals surface area contributed by atoms with Crippen LogP contribution in [-0.2, 0) is 6.42 Å². The molecule has 82 valence electrons. The molecule has 2 unspecified atom stereocenters. The van der Waals surface area contributed by atoms with E-state index in [4.69, 9.17) is 5.73 Å². The van der Waals surface area contributed by atoms with Gasteiger partial charge in [-0.2, -0.15) is 0 Å². The van der Waals surface area contributed by atoms with Crippen LogP contribution < -0.4 is 11.1 Å². The topological polar surface area (TPSA) is 91.4 Å². The molecule has 0 radical (unpaired) electrons. The van der Waals surface area contributed by atoms with E-state index in [0.29, 0.717) is 5.56 Å². The molecule has 0 aliphatic carbocycles. The smallest absolute Gasteiger partial charge is 0.129 e. The lowest BCUT2D eigenvalue weighted by Crippen LogP contribution is -2.27. The minimum atomic E-state index is -0.951. The summed E-state index contributed by atoms with van der Waals surface area (Å²) in [5.41, 5.74) is 6.98. The van der Waals surface area contributed by atoms with Gasteiger partial charge >= 0.3 is 0 Å². The zero-order valence-electron chi connectivity index (χ0n) is 8.35. The van der Waals surface area contributed by atoms with E-state index in [1.54, 1.807) is 6.20 Å². The standard InChI is InChI=1S/C10H15N3O2/c11-4-8(14)9(15)7-3-6-1-2-12-10(6)13-5-7/h3,5,8-9,14-15H,1-2,4,11H2,(H,12,13). The highest BCUT2D eigenvalue weighted by molar-refractivity contribution is 5.50. The number of hydrogen-bond acceptors (Lipinski definition) is 5. The maximum absolute atomic E-state index is 9.73. The van der Waals surface area contributed by atoms with Gasteiger partial charge in [0.1, 0.15) is 11.9 Å². The number of nitrogens with two attached hydrogens (primary N) is 1. The number of hydrogen-bond donors (Lipinski definition) is 4. The molecular weight excluding hydrogens is 194 g/mol. The molecule has 1 aliphatic heterocycles. The molecule has 15 heavy (non-hydrogen) atoms. The van der Waals surface area contributed by atoms with Gasteiger partial charge in [-0.3, -0.25) is 0 Å². The fourth-order valence-corrected chi connectivity index (χ4v) is 1.71. The van der Waals surface area contributed by atoms with E-state index in [1.807, 2.05) is 6.07 Å². The van der Waals surface area contributed by atoms with Crippen molar-refractivity contribution < 1.29 is 10.2 Å². The van der Waals surface area contributed by atoms with Gasteiger partial charge in [-0.25, -0.2) is 4.98 Å².